The van der Waals surface area contributed by atoms with Gasteiger partial charge in [0.25, 0.3) is 0 Å². The molecule has 0 aliphatic heterocycles. The van der Waals surface area contributed by atoms with Gasteiger partial charge in [-0.3, -0.25) is 10.2 Å². The maximum atomic E-state index is 11.5. The zero-order valence-corrected chi connectivity index (χ0v) is 13.3. The van der Waals surface area contributed by atoms with Crippen LogP contribution in [0.15, 0.2) is 30.3 Å². The minimum absolute atomic E-state index is 0.170. The number of amides is 1. The molecule has 1 rings (SSSR count). The van der Waals surface area contributed by atoms with Crippen molar-refractivity contribution >= 4 is 34.7 Å². The van der Waals surface area contributed by atoms with E-state index in [1.54, 1.807) is 0 Å². The van der Waals surface area contributed by atoms with Crippen molar-refractivity contribution in [1.29, 1.82) is 0 Å². The van der Waals surface area contributed by atoms with Crippen molar-refractivity contribution in [2.75, 3.05) is 11.5 Å². The van der Waals surface area contributed by atoms with Crippen LogP contribution in [0.1, 0.15) is 12.0 Å². The number of hydrazine groups is 1. The van der Waals surface area contributed by atoms with Gasteiger partial charge in [-0.05, 0) is 12.0 Å². The largest absolute Gasteiger partial charge is 0.468 e. The first-order chi connectivity index (χ1) is 9.67. The highest BCUT2D eigenvalue weighted by Gasteiger charge is 2.18. The fraction of sp³-hybridized carbons (Fsp3) is 0.385. The van der Waals surface area contributed by atoms with Crippen LogP contribution in [0.5, 0.6) is 0 Å². The number of nitrogens with one attached hydrogen (secondary N) is 2. The summed E-state index contributed by atoms with van der Waals surface area (Å²) in [4.78, 5) is 22.9. The summed E-state index contributed by atoms with van der Waals surface area (Å²) in [5.74, 6) is -0.426. The van der Waals surface area contributed by atoms with Crippen molar-refractivity contribution < 1.29 is 19.1 Å². The van der Waals surface area contributed by atoms with Crippen molar-refractivity contribution in [2.45, 2.75) is 19.1 Å². The number of methoxy groups -OCH3 is 1. The maximum Gasteiger partial charge on any atom is 0.421 e. The number of esters is 1. The third kappa shape index (κ3) is 6.20. The fourth-order valence-electron chi connectivity index (χ4n) is 1.41. The van der Waals surface area contributed by atoms with Crippen molar-refractivity contribution in [3.8, 4) is 0 Å². The topological polar surface area (TPSA) is 76.7 Å². The van der Waals surface area contributed by atoms with Crippen LogP contribution in [0.3, 0.4) is 0 Å². The standard InChI is InChI=1S/C13H17IN2O4/c1-19-12(17)11(7-8-14)15-16-13(18)20-9-10-5-3-2-4-6-10/h2-6,11,15H,7-9H2,1H3,(H,16,18)/t11-/m0/s1. The summed E-state index contributed by atoms with van der Waals surface area (Å²) < 4.78 is 10.4. The van der Waals surface area contributed by atoms with E-state index in [9.17, 15) is 9.59 Å². The number of carbonyl (C=O) groups excluding carboxylic acids is 2. The molecule has 0 aliphatic carbocycles. The first-order valence-corrected chi connectivity index (χ1v) is 7.56. The van der Waals surface area contributed by atoms with Crippen LogP contribution in [0.4, 0.5) is 4.79 Å². The molecule has 2 N–H and O–H groups in total. The third-order valence-corrected chi connectivity index (χ3v) is 3.07. The van der Waals surface area contributed by atoms with Crippen LogP contribution in [0.2, 0.25) is 0 Å². The zero-order valence-electron chi connectivity index (χ0n) is 11.1. The minimum Gasteiger partial charge on any atom is -0.468 e. The molecule has 0 saturated carbocycles. The lowest BCUT2D eigenvalue weighted by molar-refractivity contribution is -0.143. The molecule has 6 nitrogen and oxygen atoms in total. The molecule has 1 aromatic rings. The van der Waals surface area contributed by atoms with Crippen LogP contribution in [-0.2, 0) is 20.9 Å². The second kappa shape index (κ2) is 9.54. The number of hydrogen-bond acceptors (Lipinski definition) is 5. The van der Waals surface area contributed by atoms with E-state index in [1.807, 2.05) is 30.3 Å². The molecule has 0 heterocycles. The molecule has 110 valence electrons. The highest BCUT2D eigenvalue weighted by Crippen LogP contribution is 2.01. The van der Waals surface area contributed by atoms with Crippen molar-refractivity contribution in [3.63, 3.8) is 0 Å². The molecule has 0 aliphatic rings. The van der Waals surface area contributed by atoms with Crippen LogP contribution in [0, 0.1) is 0 Å². The average Bonchev–Trinajstić information content (AvgIpc) is 2.49. The molecule has 1 atom stereocenters. The van der Waals surface area contributed by atoms with E-state index in [4.69, 9.17) is 4.74 Å². The summed E-state index contributed by atoms with van der Waals surface area (Å²) in [5, 5.41) is 0. The van der Waals surface area contributed by atoms with Gasteiger partial charge < -0.3 is 9.47 Å². The van der Waals surface area contributed by atoms with Gasteiger partial charge >= 0.3 is 12.1 Å². The van der Waals surface area contributed by atoms with E-state index in [0.29, 0.717) is 6.42 Å². The molecule has 0 spiro atoms. The summed E-state index contributed by atoms with van der Waals surface area (Å²) in [6.45, 7) is 0.170. The average molecular weight is 392 g/mol. The van der Waals surface area contributed by atoms with Gasteiger partial charge in [-0.15, -0.1) is 0 Å². The van der Waals surface area contributed by atoms with Gasteiger partial charge in [0.1, 0.15) is 12.6 Å². The molecule has 20 heavy (non-hydrogen) atoms. The second-order valence-electron chi connectivity index (χ2n) is 3.88. The monoisotopic (exact) mass is 392 g/mol. The Morgan fingerprint density at radius 3 is 2.60 bits per heavy atom. The van der Waals surface area contributed by atoms with Gasteiger partial charge in [0.05, 0.1) is 7.11 Å². The Hall–Kier alpha value is -1.35. The molecule has 1 amide bonds. The molecule has 0 unspecified atom stereocenters. The van der Waals surface area contributed by atoms with E-state index >= 15 is 0 Å². The summed E-state index contributed by atoms with van der Waals surface area (Å²) in [6.07, 6.45) is -0.0946. The lowest BCUT2D eigenvalue weighted by atomic mass is 10.2. The Kier molecular flexibility index (Phi) is 7.97. The maximum absolute atomic E-state index is 11.5. The van der Waals surface area contributed by atoms with E-state index in [-0.39, 0.29) is 6.61 Å². The van der Waals surface area contributed by atoms with E-state index < -0.39 is 18.1 Å². The van der Waals surface area contributed by atoms with Gasteiger partial charge in [0, 0.05) is 4.43 Å². The lowest BCUT2D eigenvalue weighted by Crippen LogP contribution is -2.48. The Morgan fingerprint density at radius 1 is 1.30 bits per heavy atom. The number of rotatable bonds is 7. The summed E-state index contributed by atoms with van der Waals surface area (Å²) in [6, 6.07) is 8.74. The predicted molar refractivity (Wildman–Crippen MR) is 82.2 cm³/mol. The number of ether oxygens (including phenoxy) is 2. The van der Waals surface area contributed by atoms with Crippen molar-refractivity contribution in [1.82, 2.24) is 10.9 Å². The molecule has 0 bridgehead atoms. The van der Waals surface area contributed by atoms with Crippen LogP contribution >= 0.6 is 22.6 Å². The lowest BCUT2D eigenvalue weighted by Gasteiger charge is -2.15. The number of alkyl halides is 1. The second-order valence-corrected chi connectivity index (χ2v) is 4.96. The van der Waals surface area contributed by atoms with Gasteiger partial charge in [-0.2, -0.15) is 0 Å². The SMILES string of the molecule is COC(=O)[C@H](CCI)NNC(=O)OCc1ccccc1. The molecule has 7 heteroatoms. The predicted octanol–water partition coefficient (Wildman–Crippen LogP) is 1.78. The van der Waals surface area contributed by atoms with Gasteiger partial charge in [-0.25, -0.2) is 10.2 Å². The summed E-state index contributed by atoms with van der Waals surface area (Å²) in [5.41, 5.74) is 5.83. The molecule has 0 aromatic heterocycles. The molecular weight excluding hydrogens is 375 g/mol. The zero-order chi connectivity index (χ0) is 14.8. The highest BCUT2D eigenvalue weighted by atomic mass is 127. The van der Waals surface area contributed by atoms with E-state index in [0.717, 1.165) is 9.99 Å². The van der Waals surface area contributed by atoms with Gasteiger partial charge in [0.2, 0.25) is 0 Å². The Morgan fingerprint density at radius 2 is 2.00 bits per heavy atom. The number of halogens is 1. The Balaban J connectivity index is 2.32. The molecule has 0 radical (unpaired) electrons. The number of carbonyl (C=O) groups is 2. The summed E-state index contributed by atoms with van der Waals surface area (Å²) >= 11 is 2.14. The van der Waals surface area contributed by atoms with Crippen molar-refractivity contribution in [3.05, 3.63) is 35.9 Å². The minimum atomic E-state index is -0.642. The third-order valence-electron chi connectivity index (χ3n) is 2.44. The Labute approximate surface area is 131 Å². The van der Waals surface area contributed by atoms with E-state index in [1.165, 1.54) is 7.11 Å². The summed E-state index contributed by atoms with van der Waals surface area (Å²) in [7, 11) is 1.30. The highest BCUT2D eigenvalue weighted by molar-refractivity contribution is 14.1. The normalized spacial score (nSPS) is 11.5. The molecular formula is C13H17IN2O4. The van der Waals surface area contributed by atoms with Crippen molar-refractivity contribution in [2.24, 2.45) is 0 Å². The van der Waals surface area contributed by atoms with Gasteiger partial charge in [0.15, 0.2) is 0 Å². The number of benzene rings is 1. The quantitative estimate of drug-likeness (QED) is 0.320. The van der Waals surface area contributed by atoms with E-state index in [2.05, 4.69) is 38.2 Å². The van der Waals surface area contributed by atoms with Gasteiger partial charge in [-0.1, -0.05) is 52.9 Å². The molecule has 0 saturated heterocycles. The Bertz CT molecular complexity index is 428. The first-order valence-electron chi connectivity index (χ1n) is 6.03. The van der Waals surface area contributed by atoms with Crippen LogP contribution < -0.4 is 10.9 Å². The first kappa shape index (κ1) is 16.7. The molecule has 1 aromatic carbocycles. The van der Waals surface area contributed by atoms with Crippen LogP contribution in [0.25, 0.3) is 0 Å². The fourth-order valence-corrected chi connectivity index (χ4v) is 2.03. The smallest absolute Gasteiger partial charge is 0.421 e. The molecule has 0 fully saturated rings. The van der Waals surface area contributed by atoms with Crippen LogP contribution in [-0.4, -0.2) is 29.6 Å². The number of hydrogen-bond donors (Lipinski definition) is 2.